The fourth-order valence-electron chi connectivity index (χ4n) is 2.76. The number of nitrogens with one attached hydrogen (secondary N) is 1. The van der Waals surface area contributed by atoms with Crippen LogP contribution >= 0.6 is 23.2 Å². The topological polar surface area (TPSA) is 15.3 Å². The molecule has 1 aliphatic rings. The second-order valence-corrected chi connectivity index (χ2v) is 6.88. The van der Waals surface area contributed by atoms with Gasteiger partial charge in [-0.2, -0.15) is 0 Å². The highest BCUT2D eigenvalue weighted by atomic mass is 35.5. The Morgan fingerprint density at radius 1 is 1.40 bits per heavy atom. The molecule has 0 bridgehead atoms. The third kappa shape index (κ3) is 3.67. The van der Waals surface area contributed by atoms with Crippen LogP contribution in [0.1, 0.15) is 39.2 Å². The van der Waals surface area contributed by atoms with Gasteiger partial charge in [0, 0.05) is 24.7 Å². The van der Waals surface area contributed by atoms with Gasteiger partial charge >= 0.3 is 0 Å². The molecule has 1 aromatic rings. The lowest BCUT2D eigenvalue weighted by molar-refractivity contribution is 0.163. The lowest BCUT2D eigenvalue weighted by Crippen LogP contribution is -2.49. The fourth-order valence-corrected chi connectivity index (χ4v) is 3.14. The van der Waals surface area contributed by atoms with Gasteiger partial charge in [0.25, 0.3) is 0 Å². The fraction of sp³-hybridized carbons (Fsp3) is 0.625. The summed E-state index contributed by atoms with van der Waals surface area (Å²) in [7, 11) is 0. The van der Waals surface area contributed by atoms with Crippen LogP contribution in [0.2, 0.25) is 10.0 Å². The van der Waals surface area contributed by atoms with E-state index in [0.29, 0.717) is 16.1 Å². The van der Waals surface area contributed by atoms with Gasteiger partial charge in [0.05, 0.1) is 10.0 Å². The largest absolute Gasteiger partial charge is 0.310 e. The first kappa shape index (κ1) is 16.1. The zero-order valence-electron chi connectivity index (χ0n) is 12.5. The van der Waals surface area contributed by atoms with Crippen LogP contribution in [0.15, 0.2) is 18.2 Å². The summed E-state index contributed by atoms with van der Waals surface area (Å²) in [5.41, 5.74) is 1.29. The molecule has 2 unspecified atom stereocenters. The van der Waals surface area contributed by atoms with Crippen LogP contribution in [0.25, 0.3) is 0 Å². The summed E-state index contributed by atoms with van der Waals surface area (Å²) in [6.07, 6.45) is 2.28. The Hall–Kier alpha value is -0.280. The lowest BCUT2D eigenvalue weighted by atomic mass is 9.98. The maximum atomic E-state index is 6.33. The predicted octanol–water partition coefficient (Wildman–Crippen LogP) is 4.35. The summed E-state index contributed by atoms with van der Waals surface area (Å²) >= 11 is 12.5. The molecule has 1 fully saturated rings. The molecule has 0 saturated carbocycles. The van der Waals surface area contributed by atoms with Crippen molar-refractivity contribution in [1.82, 2.24) is 10.2 Å². The number of nitrogens with zero attached hydrogens (tertiary/aromatic N) is 1. The molecule has 0 spiro atoms. The number of rotatable bonds is 3. The molecular weight excluding hydrogens is 291 g/mol. The highest BCUT2D eigenvalue weighted by Crippen LogP contribution is 2.28. The van der Waals surface area contributed by atoms with Crippen LogP contribution in [-0.4, -0.2) is 29.6 Å². The second-order valence-electron chi connectivity index (χ2n) is 6.10. The summed E-state index contributed by atoms with van der Waals surface area (Å²) in [5, 5.41) is 5.01. The molecule has 2 nitrogen and oxygen atoms in total. The second kappa shape index (κ2) is 6.65. The van der Waals surface area contributed by atoms with Crippen molar-refractivity contribution in [2.24, 2.45) is 0 Å². The molecule has 0 radical (unpaired) electrons. The summed E-state index contributed by atoms with van der Waals surface area (Å²) in [4.78, 5) is 2.51. The van der Waals surface area contributed by atoms with E-state index in [1.54, 1.807) is 0 Å². The maximum absolute atomic E-state index is 6.33. The van der Waals surface area contributed by atoms with Crippen molar-refractivity contribution in [3.63, 3.8) is 0 Å². The molecular formula is C16H24Cl2N2. The van der Waals surface area contributed by atoms with Gasteiger partial charge in [0.15, 0.2) is 0 Å². The highest BCUT2D eigenvalue weighted by Gasteiger charge is 2.30. The molecule has 2 atom stereocenters. The minimum absolute atomic E-state index is 0.176. The van der Waals surface area contributed by atoms with E-state index < -0.39 is 0 Å². The third-order valence-corrected chi connectivity index (χ3v) is 5.33. The van der Waals surface area contributed by atoms with Crippen molar-refractivity contribution in [2.45, 2.75) is 51.7 Å². The van der Waals surface area contributed by atoms with E-state index in [1.807, 2.05) is 12.1 Å². The molecule has 2 rings (SSSR count). The normalized spacial score (nSPS) is 28.4. The van der Waals surface area contributed by atoms with Crippen LogP contribution in [0.5, 0.6) is 0 Å². The minimum Gasteiger partial charge on any atom is -0.310 e. The Morgan fingerprint density at radius 3 is 2.85 bits per heavy atom. The van der Waals surface area contributed by atoms with E-state index >= 15 is 0 Å². The van der Waals surface area contributed by atoms with Gasteiger partial charge < -0.3 is 5.32 Å². The molecule has 1 aromatic carbocycles. The summed E-state index contributed by atoms with van der Waals surface area (Å²) in [6.45, 7) is 9.81. The molecule has 0 amide bonds. The van der Waals surface area contributed by atoms with E-state index in [0.717, 1.165) is 38.0 Å². The van der Waals surface area contributed by atoms with Crippen molar-refractivity contribution >= 4 is 23.2 Å². The Bertz CT molecular complexity index is 464. The average Bonchev–Trinajstić information content (AvgIpc) is 2.56. The molecule has 1 heterocycles. The Balaban J connectivity index is 2.18. The summed E-state index contributed by atoms with van der Waals surface area (Å²) in [5.74, 6) is 0. The molecule has 4 heteroatoms. The van der Waals surface area contributed by atoms with Gasteiger partial charge in [-0.3, -0.25) is 4.90 Å². The smallest absolute Gasteiger partial charge is 0.0637 e. The molecule has 1 aliphatic heterocycles. The van der Waals surface area contributed by atoms with E-state index in [9.17, 15) is 0 Å². The molecule has 112 valence electrons. The monoisotopic (exact) mass is 314 g/mol. The first-order valence-corrected chi connectivity index (χ1v) is 8.13. The Morgan fingerprint density at radius 2 is 2.15 bits per heavy atom. The lowest BCUT2D eigenvalue weighted by Gasteiger charge is -2.35. The van der Waals surface area contributed by atoms with Crippen molar-refractivity contribution in [3.8, 4) is 0 Å². The zero-order chi connectivity index (χ0) is 14.8. The van der Waals surface area contributed by atoms with Crippen LogP contribution in [0, 0.1) is 0 Å². The average molecular weight is 315 g/mol. The van der Waals surface area contributed by atoms with E-state index in [4.69, 9.17) is 23.2 Å². The number of hydrogen-bond acceptors (Lipinski definition) is 2. The van der Waals surface area contributed by atoms with Crippen molar-refractivity contribution < 1.29 is 0 Å². The molecule has 20 heavy (non-hydrogen) atoms. The van der Waals surface area contributed by atoms with E-state index in [-0.39, 0.29) is 5.54 Å². The van der Waals surface area contributed by atoms with Crippen LogP contribution in [0.4, 0.5) is 0 Å². The number of benzene rings is 1. The Labute approximate surface area is 132 Å². The molecule has 0 aromatic heterocycles. The quantitative estimate of drug-likeness (QED) is 0.892. The van der Waals surface area contributed by atoms with Crippen LogP contribution in [0.3, 0.4) is 0 Å². The maximum Gasteiger partial charge on any atom is 0.0637 e. The molecule has 1 N–H and O–H groups in total. The molecule has 1 saturated heterocycles. The Kier molecular flexibility index (Phi) is 5.36. The van der Waals surface area contributed by atoms with Gasteiger partial charge in [-0.25, -0.2) is 0 Å². The summed E-state index contributed by atoms with van der Waals surface area (Å²) in [6, 6.07) is 6.44. The van der Waals surface area contributed by atoms with E-state index in [1.165, 1.54) is 0 Å². The van der Waals surface area contributed by atoms with Gasteiger partial charge in [-0.1, -0.05) is 42.3 Å². The summed E-state index contributed by atoms with van der Waals surface area (Å²) < 4.78 is 0. The van der Waals surface area contributed by atoms with E-state index in [2.05, 4.69) is 37.1 Å². The van der Waals surface area contributed by atoms with Crippen molar-refractivity contribution in [3.05, 3.63) is 33.8 Å². The SMILES string of the molecule is CCC1(C)CN(Cc2cccc(Cl)c2Cl)C(C)CCN1. The van der Waals surface area contributed by atoms with Crippen molar-refractivity contribution in [2.75, 3.05) is 13.1 Å². The molecule has 0 aliphatic carbocycles. The number of halogens is 2. The first-order valence-electron chi connectivity index (χ1n) is 7.37. The first-order chi connectivity index (χ1) is 9.45. The highest BCUT2D eigenvalue weighted by molar-refractivity contribution is 6.42. The van der Waals surface area contributed by atoms with Gasteiger partial charge in [0.2, 0.25) is 0 Å². The van der Waals surface area contributed by atoms with Gasteiger partial charge in [-0.15, -0.1) is 0 Å². The standard InChI is InChI=1S/C16H24Cl2N2/c1-4-16(3)11-20(12(2)8-9-19-16)10-13-6-5-7-14(17)15(13)18/h5-7,12,19H,4,8-11H2,1-3H3. The minimum atomic E-state index is 0.176. The van der Waals surface area contributed by atoms with Gasteiger partial charge in [-0.05, 0) is 44.9 Å². The third-order valence-electron chi connectivity index (χ3n) is 4.47. The zero-order valence-corrected chi connectivity index (χ0v) is 14.1. The van der Waals surface area contributed by atoms with Crippen molar-refractivity contribution in [1.29, 1.82) is 0 Å². The van der Waals surface area contributed by atoms with Crippen LogP contribution in [-0.2, 0) is 6.54 Å². The van der Waals surface area contributed by atoms with Crippen LogP contribution < -0.4 is 5.32 Å². The number of hydrogen-bond donors (Lipinski definition) is 1. The predicted molar refractivity (Wildman–Crippen MR) is 87.6 cm³/mol. The van der Waals surface area contributed by atoms with Gasteiger partial charge in [0.1, 0.15) is 0 Å².